The van der Waals surface area contributed by atoms with Crippen molar-refractivity contribution in [2.75, 3.05) is 31.5 Å². The second-order valence-corrected chi connectivity index (χ2v) is 7.67. The molecule has 0 saturated carbocycles. The Morgan fingerprint density at radius 2 is 1.49 bits per heavy atom. The highest BCUT2D eigenvalue weighted by atomic mass is 16.5. The van der Waals surface area contributed by atoms with Crippen LogP contribution in [-0.2, 0) is 16.0 Å². The summed E-state index contributed by atoms with van der Waals surface area (Å²) in [6.07, 6.45) is 0. The van der Waals surface area contributed by atoms with Crippen LogP contribution in [0, 0.1) is 0 Å². The van der Waals surface area contributed by atoms with E-state index in [9.17, 15) is 19.2 Å². The van der Waals surface area contributed by atoms with Gasteiger partial charge in [-0.05, 0) is 54.1 Å². The van der Waals surface area contributed by atoms with Crippen molar-refractivity contribution in [1.29, 1.82) is 0 Å². The zero-order valence-electron chi connectivity index (χ0n) is 19.3. The molecule has 9 heteroatoms. The lowest BCUT2D eigenvalue weighted by molar-refractivity contribution is 0.0598. The van der Waals surface area contributed by atoms with Gasteiger partial charge in [-0.3, -0.25) is 9.59 Å². The maximum absolute atomic E-state index is 13.3. The first-order chi connectivity index (χ1) is 16.9. The van der Waals surface area contributed by atoms with E-state index in [2.05, 4.69) is 5.32 Å². The molecule has 0 fully saturated rings. The molecule has 3 aromatic carbocycles. The van der Waals surface area contributed by atoms with Crippen molar-refractivity contribution in [3.05, 3.63) is 88.5 Å². The van der Waals surface area contributed by atoms with Gasteiger partial charge < -0.3 is 24.4 Å². The molecule has 0 aromatic heterocycles. The smallest absolute Gasteiger partial charge is 0.337 e. The molecular formula is C26H22N2O7. The molecule has 1 aliphatic heterocycles. The fourth-order valence-corrected chi connectivity index (χ4v) is 3.89. The maximum atomic E-state index is 13.3. The van der Waals surface area contributed by atoms with E-state index in [0.717, 1.165) is 0 Å². The van der Waals surface area contributed by atoms with E-state index in [4.69, 9.17) is 14.2 Å². The Bertz CT molecular complexity index is 1300. The number of carbonyl (C=O) groups is 4. The number of fused-ring (bicyclic) bond motifs is 1. The van der Waals surface area contributed by atoms with Gasteiger partial charge >= 0.3 is 11.9 Å². The number of methoxy groups -OCH3 is 3. The number of benzene rings is 3. The van der Waals surface area contributed by atoms with E-state index in [1.165, 1.54) is 32.4 Å². The standard InChI is InChI=1S/C26H22N2O7/c1-33-20-9-7-19(8-10-20)28-14-15-5-4-6-21(22(15)24(28)30)23(29)27-18-12-16(25(31)34-2)11-17(13-18)26(32)35-3/h4-13H,14H2,1-3H3,(H,27,29). The number of carbonyl (C=O) groups excluding carboxylic acids is 4. The molecule has 4 rings (SSSR count). The second kappa shape index (κ2) is 9.68. The van der Waals surface area contributed by atoms with Gasteiger partial charge in [0.15, 0.2) is 0 Å². The Kier molecular flexibility index (Phi) is 6.50. The quantitative estimate of drug-likeness (QED) is 0.543. The summed E-state index contributed by atoms with van der Waals surface area (Å²) in [5.41, 5.74) is 2.14. The minimum Gasteiger partial charge on any atom is -0.497 e. The van der Waals surface area contributed by atoms with Crippen LogP contribution in [0.15, 0.2) is 60.7 Å². The zero-order valence-corrected chi connectivity index (χ0v) is 19.3. The second-order valence-electron chi connectivity index (χ2n) is 7.67. The number of anilines is 2. The number of nitrogens with zero attached hydrogens (tertiary/aromatic N) is 1. The van der Waals surface area contributed by atoms with E-state index >= 15 is 0 Å². The van der Waals surface area contributed by atoms with Gasteiger partial charge in [0.2, 0.25) is 0 Å². The van der Waals surface area contributed by atoms with Gasteiger partial charge in [-0.2, -0.15) is 0 Å². The number of hydrogen-bond donors (Lipinski definition) is 1. The Balaban J connectivity index is 1.65. The van der Waals surface area contributed by atoms with Gasteiger partial charge in [0.1, 0.15) is 5.75 Å². The van der Waals surface area contributed by atoms with Crippen molar-refractivity contribution >= 4 is 35.1 Å². The third-order valence-electron chi connectivity index (χ3n) is 5.60. The van der Waals surface area contributed by atoms with Gasteiger partial charge in [-0.1, -0.05) is 12.1 Å². The molecule has 0 radical (unpaired) electrons. The van der Waals surface area contributed by atoms with Gasteiger partial charge in [0, 0.05) is 11.4 Å². The molecule has 1 N–H and O–H groups in total. The number of rotatable bonds is 6. The molecule has 0 spiro atoms. The molecular weight excluding hydrogens is 452 g/mol. The van der Waals surface area contributed by atoms with Gasteiger partial charge in [-0.25, -0.2) is 9.59 Å². The summed E-state index contributed by atoms with van der Waals surface area (Å²) < 4.78 is 14.6. The van der Waals surface area contributed by atoms with Crippen LogP contribution in [0.5, 0.6) is 5.75 Å². The number of hydrogen-bond acceptors (Lipinski definition) is 7. The number of nitrogens with one attached hydrogen (secondary N) is 1. The first kappa shape index (κ1) is 23.5. The summed E-state index contributed by atoms with van der Waals surface area (Å²) in [6, 6.07) is 16.2. The molecule has 9 nitrogen and oxygen atoms in total. The topological polar surface area (TPSA) is 111 Å². The Labute approximate surface area is 201 Å². The van der Waals surface area contributed by atoms with Crippen molar-refractivity contribution in [2.45, 2.75) is 6.54 Å². The average molecular weight is 474 g/mol. The molecule has 0 bridgehead atoms. The minimum absolute atomic E-state index is 0.0609. The van der Waals surface area contributed by atoms with Gasteiger partial charge in [0.25, 0.3) is 11.8 Å². The highest BCUT2D eigenvalue weighted by Crippen LogP contribution is 2.32. The molecule has 0 aliphatic carbocycles. The minimum atomic E-state index is -0.683. The molecule has 35 heavy (non-hydrogen) atoms. The Morgan fingerprint density at radius 1 is 0.857 bits per heavy atom. The Morgan fingerprint density at radius 3 is 2.06 bits per heavy atom. The first-order valence-electron chi connectivity index (χ1n) is 10.6. The molecule has 0 saturated heterocycles. The van der Waals surface area contributed by atoms with Gasteiger partial charge in [0.05, 0.1) is 50.1 Å². The van der Waals surface area contributed by atoms with Crippen LogP contribution in [0.25, 0.3) is 0 Å². The highest BCUT2D eigenvalue weighted by molar-refractivity contribution is 6.18. The van der Waals surface area contributed by atoms with E-state index in [1.807, 2.05) is 0 Å². The maximum Gasteiger partial charge on any atom is 0.337 e. The van der Waals surface area contributed by atoms with Crippen molar-refractivity contribution in [1.82, 2.24) is 0 Å². The summed E-state index contributed by atoms with van der Waals surface area (Å²) in [7, 11) is 3.98. The lowest BCUT2D eigenvalue weighted by atomic mass is 10.0. The molecule has 2 amide bonds. The molecule has 1 heterocycles. The normalized spacial score (nSPS) is 12.1. The summed E-state index contributed by atoms with van der Waals surface area (Å²) in [5.74, 6) is -1.58. The van der Waals surface area contributed by atoms with Crippen molar-refractivity contribution in [3.8, 4) is 5.75 Å². The molecule has 0 unspecified atom stereocenters. The van der Waals surface area contributed by atoms with Gasteiger partial charge in [-0.15, -0.1) is 0 Å². The number of ether oxygens (including phenoxy) is 3. The van der Waals surface area contributed by atoms with Crippen LogP contribution in [0.3, 0.4) is 0 Å². The SMILES string of the molecule is COC(=O)c1cc(NC(=O)c2cccc3c2C(=O)N(c2ccc(OC)cc2)C3)cc(C(=O)OC)c1. The first-order valence-corrected chi connectivity index (χ1v) is 10.6. The third-order valence-corrected chi connectivity index (χ3v) is 5.60. The highest BCUT2D eigenvalue weighted by Gasteiger charge is 2.32. The molecule has 1 aliphatic rings. The van der Waals surface area contributed by atoms with E-state index in [1.54, 1.807) is 54.5 Å². The lowest BCUT2D eigenvalue weighted by Gasteiger charge is -2.16. The molecule has 178 valence electrons. The fraction of sp³-hybridized carbons (Fsp3) is 0.154. The predicted octanol–water partition coefficient (Wildman–Crippen LogP) is 3.68. The van der Waals surface area contributed by atoms with Crippen molar-refractivity contribution in [3.63, 3.8) is 0 Å². The summed E-state index contributed by atoms with van der Waals surface area (Å²) >= 11 is 0. The Hall–Kier alpha value is -4.66. The monoisotopic (exact) mass is 474 g/mol. The van der Waals surface area contributed by atoms with Crippen LogP contribution in [0.1, 0.15) is 47.0 Å². The van der Waals surface area contributed by atoms with Crippen LogP contribution in [0.2, 0.25) is 0 Å². The van der Waals surface area contributed by atoms with E-state index in [0.29, 0.717) is 23.5 Å². The third kappa shape index (κ3) is 4.56. The van der Waals surface area contributed by atoms with Crippen LogP contribution in [0.4, 0.5) is 11.4 Å². The van der Waals surface area contributed by atoms with Crippen LogP contribution < -0.4 is 15.0 Å². The lowest BCUT2D eigenvalue weighted by Crippen LogP contribution is -2.24. The summed E-state index contributed by atoms with van der Waals surface area (Å²) in [6.45, 7) is 0.311. The fourth-order valence-electron chi connectivity index (χ4n) is 3.89. The van der Waals surface area contributed by atoms with Crippen molar-refractivity contribution in [2.24, 2.45) is 0 Å². The van der Waals surface area contributed by atoms with Crippen LogP contribution in [-0.4, -0.2) is 45.1 Å². The largest absolute Gasteiger partial charge is 0.497 e. The average Bonchev–Trinajstić information content (AvgIpc) is 3.23. The summed E-state index contributed by atoms with van der Waals surface area (Å²) in [4.78, 5) is 52.2. The number of esters is 2. The number of amides is 2. The van der Waals surface area contributed by atoms with E-state index in [-0.39, 0.29) is 33.8 Å². The van der Waals surface area contributed by atoms with Crippen molar-refractivity contribution < 1.29 is 33.4 Å². The predicted molar refractivity (Wildman–Crippen MR) is 127 cm³/mol. The van der Waals surface area contributed by atoms with E-state index < -0.39 is 17.8 Å². The molecule has 3 aromatic rings. The summed E-state index contributed by atoms with van der Waals surface area (Å²) in [5, 5.41) is 2.68. The van der Waals surface area contributed by atoms with Crippen LogP contribution >= 0.6 is 0 Å². The zero-order chi connectivity index (χ0) is 25.1. The molecule has 0 atom stereocenters.